The quantitative estimate of drug-likeness (QED) is 0.383. The summed E-state index contributed by atoms with van der Waals surface area (Å²) < 4.78 is 1.57. The Bertz CT molecular complexity index is 877. The monoisotopic (exact) mass is 344 g/mol. The van der Waals surface area contributed by atoms with Crippen LogP contribution in [0.3, 0.4) is 0 Å². The topological polar surface area (TPSA) is 159 Å². The summed E-state index contributed by atoms with van der Waals surface area (Å²) >= 11 is 1.34. The van der Waals surface area contributed by atoms with E-state index in [1.165, 1.54) is 11.3 Å². The van der Waals surface area contributed by atoms with Crippen molar-refractivity contribution < 1.29 is 0 Å². The van der Waals surface area contributed by atoms with Gasteiger partial charge in [0.15, 0.2) is 5.96 Å². The molecule has 3 rings (SSSR count). The Balaban J connectivity index is 1.75. The molecule has 0 unspecified atom stereocenters. The van der Waals surface area contributed by atoms with E-state index in [1.807, 2.05) is 23.6 Å². The van der Waals surface area contributed by atoms with Crippen LogP contribution in [0.15, 0.2) is 28.6 Å². The first-order valence-electron chi connectivity index (χ1n) is 6.93. The molecule has 3 aromatic heterocycles. The number of hydrogen-bond acceptors (Lipinski definition) is 8. The summed E-state index contributed by atoms with van der Waals surface area (Å²) in [5.41, 5.74) is 18.5. The molecule has 0 radical (unpaired) electrons. The fraction of sp³-hybridized carbons (Fsp3) is 0.154. The molecule has 0 aliphatic rings. The smallest absolute Gasteiger partial charge is 0.241 e. The molecule has 0 fully saturated rings. The summed E-state index contributed by atoms with van der Waals surface area (Å²) in [5, 5.41) is 9.45. The molecule has 11 heteroatoms. The van der Waals surface area contributed by atoms with Crippen molar-refractivity contribution in [1.29, 1.82) is 0 Å². The molecule has 0 aromatic carbocycles. The molecule has 3 aromatic rings. The van der Waals surface area contributed by atoms with Gasteiger partial charge in [-0.05, 0) is 12.1 Å². The van der Waals surface area contributed by atoms with Crippen molar-refractivity contribution >= 4 is 34.3 Å². The fourth-order valence-corrected chi connectivity index (χ4v) is 2.69. The van der Waals surface area contributed by atoms with Gasteiger partial charge in [0, 0.05) is 12.4 Å². The van der Waals surface area contributed by atoms with E-state index in [4.69, 9.17) is 17.2 Å². The number of aromatic nitrogens is 5. The van der Waals surface area contributed by atoms with Gasteiger partial charge in [-0.25, -0.2) is 14.6 Å². The minimum Gasteiger partial charge on any atom is -0.370 e. The van der Waals surface area contributed by atoms with E-state index in [-0.39, 0.29) is 11.9 Å². The van der Waals surface area contributed by atoms with E-state index >= 15 is 0 Å². The molecule has 0 saturated heterocycles. The minimum absolute atomic E-state index is 0.0234. The number of nitrogens with one attached hydrogen (secondary N) is 1. The first-order chi connectivity index (χ1) is 11.5. The van der Waals surface area contributed by atoms with Crippen LogP contribution in [-0.2, 0) is 13.6 Å². The Hall–Kier alpha value is -3.21. The molecule has 7 N–H and O–H groups in total. The number of pyridine rings is 1. The average Bonchev–Trinajstić information content (AvgIpc) is 3.11. The second-order valence-electron chi connectivity index (χ2n) is 4.84. The zero-order valence-corrected chi connectivity index (χ0v) is 13.7. The van der Waals surface area contributed by atoms with Crippen LogP contribution in [-0.4, -0.2) is 30.7 Å². The van der Waals surface area contributed by atoms with E-state index in [2.05, 4.69) is 30.4 Å². The first-order valence-corrected chi connectivity index (χ1v) is 7.81. The van der Waals surface area contributed by atoms with Crippen molar-refractivity contribution in [3.8, 4) is 11.4 Å². The average molecular weight is 344 g/mol. The molecule has 24 heavy (non-hydrogen) atoms. The van der Waals surface area contributed by atoms with Crippen molar-refractivity contribution in [2.24, 2.45) is 23.5 Å². The third-order valence-electron chi connectivity index (χ3n) is 2.99. The number of thiazole rings is 1. The predicted molar refractivity (Wildman–Crippen MR) is 93.6 cm³/mol. The van der Waals surface area contributed by atoms with Gasteiger partial charge < -0.3 is 22.5 Å². The van der Waals surface area contributed by atoms with Crippen LogP contribution < -0.4 is 22.5 Å². The van der Waals surface area contributed by atoms with Crippen molar-refractivity contribution in [1.82, 2.24) is 24.7 Å². The summed E-state index contributed by atoms with van der Waals surface area (Å²) in [6, 6.07) is 5.68. The maximum absolute atomic E-state index is 5.55. The number of rotatable bonds is 5. The lowest BCUT2D eigenvalue weighted by Gasteiger charge is -2.05. The van der Waals surface area contributed by atoms with Crippen LogP contribution >= 0.6 is 11.3 Å². The van der Waals surface area contributed by atoms with Gasteiger partial charge in [-0.15, -0.1) is 16.4 Å². The van der Waals surface area contributed by atoms with E-state index in [9.17, 15) is 0 Å². The third-order valence-corrected chi connectivity index (χ3v) is 3.73. The second-order valence-corrected chi connectivity index (χ2v) is 5.67. The van der Waals surface area contributed by atoms with Gasteiger partial charge in [0.25, 0.3) is 0 Å². The summed E-state index contributed by atoms with van der Waals surface area (Å²) in [5.74, 6) is 0.768. The molecule has 0 aliphatic carbocycles. The van der Waals surface area contributed by atoms with Crippen molar-refractivity contribution in [2.45, 2.75) is 6.54 Å². The Kier molecular flexibility index (Phi) is 4.24. The number of anilines is 2. The lowest BCUT2D eigenvalue weighted by atomic mass is 10.2. The SMILES string of the molecule is Cn1nc(N)nc1NCc1cccc(-c2csc(N=C(N)N)n2)n1. The molecule has 0 atom stereocenters. The molecule has 3 heterocycles. The molecule has 124 valence electrons. The first kappa shape index (κ1) is 15.7. The zero-order valence-electron chi connectivity index (χ0n) is 12.8. The van der Waals surface area contributed by atoms with Crippen LogP contribution in [0.1, 0.15) is 5.69 Å². The Morgan fingerprint density at radius 3 is 2.79 bits per heavy atom. The maximum Gasteiger partial charge on any atom is 0.241 e. The number of nitrogen functional groups attached to an aromatic ring is 1. The maximum atomic E-state index is 5.55. The van der Waals surface area contributed by atoms with Crippen LogP contribution in [0.4, 0.5) is 17.0 Å². The third kappa shape index (κ3) is 3.57. The van der Waals surface area contributed by atoms with Gasteiger partial charge >= 0.3 is 0 Å². The standard InChI is InChI=1S/C13H16N10S/c1-23-12(21-11(16)22-23)17-5-7-3-2-4-8(18-7)9-6-24-13(19-9)20-10(14)15/h2-4,6H,5H2,1H3,(H4,14,15,19,20)(H3,16,17,21,22). The highest BCUT2D eigenvalue weighted by Crippen LogP contribution is 2.25. The Morgan fingerprint density at radius 1 is 1.25 bits per heavy atom. The van der Waals surface area contributed by atoms with Gasteiger partial charge in [0.05, 0.1) is 17.9 Å². The van der Waals surface area contributed by atoms with Crippen molar-refractivity contribution in [3.63, 3.8) is 0 Å². The molecular formula is C13H16N10S. The molecule has 0 spiro atoms. The predicted octanol–water partition coefficient (Wildman–Crippen LogP) is 0.433. The number of aliphatic imine (C=N–C) groups is 1. The van der Waals surface area contributed by atoms with E-state index in [1.54, 1.807) is 11.7 Å². The summed E-state index contributed by atoms with van der Waals surface area (Å²) in [6.07, 6.45) is 0. The Morgan fingerprint density at radius 2 is 2.08 bits per heavy atom. The molecule has 0 saturated carbocycles. The molecule has 0 amide bonds. The highest BCUT2D eigenvalue weighted by atomic mass is 32.1. The van der Waals surface area contributed by atoms with E-state index in [0.29, 0.717) is 23.3 Å². The number of nitrogens with zero attached hydrogens (tertiary/aromatic N) is 6. The van der Waals surface area contributed by atoms with Gasteiger partial charge in [-0.3, -0.25) is 0 Å². The van der Waals surface area contributed by atoms with Crippen LogP contribution in [0, 0.1) is 0 Å². The van der Waals surface area contributed by atoms with Crippen LogP contribution in [0.5, 0.6) is 0 Å². The zero-order chi connectivity index (χ0) is 17.1. The normalized spacial score (nSPS) is 10.5. The largest absolute Gasteiger partial charge is 0.370 e. The van der Waals surface area contributed by atoms with Crippen LogP contribution in [0.2, 0.25) is 0 Å². The van der Waals surface area contributed by atoms with E-state index in [0.717, 1.165) is 11.4 Å². The number of hydrogen-bond donors (Lipinski definition) is 4. The van der Waals surface area contributed by atoms with Gasteiger partial charge in [0.1, 0.15) is 5.69 Å². The van der Waals surface area contributed by atoms with Crippen molar-refractivity contribution in [3.05, 3.63) is 29.3 Å². The fourth-order valence-electron chi connectivity index (χ4n) is 1.99. The van der Waals surface area contributed by atoms with Gasteiger partial charge in [-0.2, -0.15) is 9.98 Å². The highest BCUT2D eigenvalue weighted by Gasteiger charge is 2.08. The number of guanidine groups is 1. The van der Waals surface area contributed by atoms with Gasteiger partial charge in [-0.1, -0.05) is 6.07 Å². The minimum atomic E-state index is -0.0234. The van der Waals surface area contributed by atoms with Gasteiger partial charge in [0.2, 0.25) is 17.0 Å². The second kappa shape index (κ2) is 6.50. The van der Waals surface area contributed by atoms with Crippen LogP contribution in [0.25, 0.3) is 11.4 Å². The highest BCUT2D eigenvalue weighted by molar-refractivity contribution is 7.13. The molecular weight excluding hydrogens is 328 g/mol. The summed E-state index contributed by atoms with van der Waals surface area (Å²) in [4.78, 5) is 16.9. The van der Waals surface area contributed by atoms with E-state index < -0.39 is 0 Å². The lowest BCUT2D eigenvalue weighted by molar-refractivity contribution is 0.769. The Labute approximate surface area is 141 Å². The lowest BCUT2D eigenvalue weighted by Crippen LogP contribution is -2.21. The summed E-state index contributed by atoms with van der Waals surface area (Å²) in [6.45, 7) is 0.477. The molecule has 0 aliphatic heterocycles. The van der Waals surface area contributed by atoms with Crippen molar-refractivity contribution in [2.75, 3.05) is 11.1 Å². The number of nitrogens with two attached hydrogens (primary N) is 3. The summed E-state index contributed by atoms with van der Waals surface area (Å²) in [7, 11) is 1.76. The molecule has 0 bridgehead atoms. The number of aryl methyl sites for hydroxylation is 1. The molecule has 10 nitrogen and oxygen atoms in total.